The smallest absolute Gasteiger partial charge is 0.162 e. The molecule has 4 heteroatoms. The normalized spacial score (nSPS) is 10.9. The summed E-state index contributed by atoms with van der Waals surface area (Å²) < 4.78 is 1.81. The first-order valence-electron chi connectivity index (χ1n) is 6.89. The molecule has 1 aromatic carbocycles. The number of benzene rings is 1. The summed E-state index contributed by atoms with van der Waals surface area (Å²) in [6.45, 7) is 1.78. The van der Waals surface area contributed by atoms with Crippen molar-refractivity contribution in [3.8, 4) is 0 Å². The second-order valence-electron chi connectivity index (χ2n) is 5.15. The molecule has 0 N–H and O–H groups in total. The van der Waals surface area contributed by atoms with E-state index in [1.54, 1.807) is 0 Å². The molecule has 0 radical (unpaired) electrons. The van der Waals surface area contributed by atoms with Gasteiger partial charge in [0.05, 0.1) is 6.20 Å². The number of ketones is 1. The minimum atomic E-state index is 0.223. The van der Waals surface area contributed by atoms with Crippen molar-refractivity contribution in [2.45, 2.75) is 19.4 Å². The molecule has 0 unspecified atom stereocenters. The molecule has 0 saturated heterocycles. The molecule has 0 aliphatic rings. The van der Waals surface area contributed by atoms with Gasteiger partial charge in [-0.1, -0.05) is 30.3 Å². The largest absolute Gasteiger partial charge is 0.302 e. The molecule has 0 aliphatic heterocycles. The van der Waals surface area contributed by atoms with Gasteiger partial charge in [-0.15, -0.1) is 0 Å². The van der Waals surface area contributed by atoms with Gasteiger partial charge in [-0.2, -0.15) is 5.10 Å². The molecule has 20 heavy (non-hydrogen) atoms. The standard InChI is InChI=1S/C16H21N3O/c1-18(12-14-11-17-19(2)13-14)10-6-9-16(20)15-7-4-3-5-8-15/h3-5,7-8,11,13H,6,9-10,12H2,1-2H3. The zero-order chi connectivity index (χ0) is 14.4. The second kappa shape index (κ2) is 7.01. The van der Waals surface area contributed by atoms with Crippen molar-refractivity contribution in [1.29, 1.82) is 0 Å². The van der Waals surface area contributed by atoms with E-state index in [-0.39, 0.29) is 5.78 Å². The number of Topliss-reactive ketones (excluding diaryl/α,β-unsaturated/α-hetero) is 1. The molecule has 106 valence electrons. The molecule has 0 spiro atoms. The van der Waals surface area contributed by atoms with Crippen LogP contribution < -0.4 is 0 Å². The lowest BCUT2D eigenvalue weighted by molar-refractivity contribution is 0.0976. The van der Waals surface area contributed by atoms with Crippen LogP contribution in [0.1, 0.15) is 28.8 Å². The molecule has 1 heterocycles. The van der Waals surface area contributed by atoms with Crippen LogP contribution in [0.2, 0.25) is 0 Å². The van der Waals surface area contributed by atoms with Crippen molar-refractivity contribution in [3.63, 3.8) is 0 Å². The number of carbonyl (C=O) groups excluding carboxylic acids is 1. The highest BCUT2D eigenvalue weighted by molar-refractivity contribution is 5.95. The van der Waals surface area contributed by atoms with Crippen LogP contribution in [0.3, 0.4) is 0 Å². The van der Waals surface area contributed by atoms with Gasteiger partial charge in [-0.3, -0.25) is 9.48 Å². The van der Waals surface area contributed by atoms with Gasteiger partial charge in [0.2, 0.25) is 0 Å². The topological polar surface area (TPSA) is 38.1 Å². The predicted octanol–water partition coefficient (Wildman–Crippen LogP) is 2.52. The Morgan fingerprint density at radius 2 is 2.05 bits per heavy atom. The van der Waals surface area contributed by atoms with Gasteiger partial charge in [0.1, 0.15) is 0 Å². The van der Waals surface area contributed by atoms with E-state index in [4.69, 9.17) is 0 Å². The first-order valence-corrected chi connectivity index (χ1v) is 6.89. The van der Waals surface area contributed by atoms with Crippen LogP contribution >= 0.6 is 0 Å². The van der Waals surface area contributed by atoms with E-state index < -0.39 is 0 Å². The molecule has 4 nitrogen and oxygen atoms in total. The highest BCUT2D eigenvalue weighted by Crippen LogP contribution is 2.07. The average Bonchev–Trinajstić information content (AvgIpc) is 2.85. The van der Waals surface area contributed by atoms with Gasteiger partial charge in [-0.05, 0) is 20.0 Å². The fourth-order valence-electron chi connectivity index (χ4n) is 2.22. The Morgan fingerprint density at radius 1 is 1.30 bits per heavy atom. The predicted molar refractivity (Wildman–Crippen MR) is 79.5 cm³/mol. The lowest BCUT2D eigenvalue weighted by atomic mass is 10.1. The van der Waals surface area contributed by atoms with E-state index in [1.807, 2.05) is 54.5 Å². The SMILES string of the molecule is CN(CCCC(=O)c1ccccc1)Cc1cnn(C)c1. The molecule has 1 aromatic heterocycles. The Hall–Kier alpha value is -1.94. The monoisotopic (exact) mass is 271 g/mol. The van der Waals surface area contributed by atoms with Gasteiger partial charge in [0.25, 0.3) is 0 Å². The Labute approximate surface area is 120 Å². The van der Waals surface area contributed by atoms with Crippen LogP contribution in [0.25, 0.3) is 0 Å². The lowest BCUT2D eigenvalue weighted by Gasteiger charge is -2.15. The number of hydrogen-bond acceptors (Lipinski definition) is 3. The number of nitrogens with zero attached hydrogens (tertiary/aromatic N) is 3. The van der Waals surface area contributed by atoms with E-state index in [0.717, 1.165) is 25.1 Å². The quantitative estimate of drug-likeness (QED) is 0.726. The summed E-state index contributed by atoms with van der Waals surface area (Å²) in [7, 11) is 3.99. The van der Waals surface area contributed by atoms with Gasteiger partial charge in [-0.25, -0.2) is 0 Å². The van der Waals surface area contributed by atoms with Gasteiger partial charge >= 0.3 is 0 Å². The maximum Gasteiger partial charge on any atom is 0.162 e. The van der Waals surface area contributed by atoms with Crippen LogP contribution in [-0.2, 0) is 13.6 Å². The Bertz CT molecular complexity index is 548. The zero-order valence-electron chi connectivity index (χ0n) is 12.1. The van der Waals surface area contributed by atoms with Crippen LogP contribution in [0.15, 0.2) is 42.7 Å². The summed E-state index contributed by atoms with van der Waals surface area (Å²) >= 11 is 0. The minimum Gasteiger partial charge on any atom is -0.302 e. The average molecular weight is 271 g/mol. The maximum absolute atomic E-state index is 12.0. The molecular weight excluding hydrogens is 250 g/mol. The molecule has 0 amide bonds. The third-order valence-electron chi connectivity index (χ3n) is 3.25. The van der Waals surface area contributed by atoms with Crippen molar-refractivity contribution in [2.75, 3.05) is 13.6 Å². The van der Waals surface area contributed by atoms with Gasteiger partial charge in [0, 0.05) is 37.3 Å². The van der Waals surface area contributed by atoms with Crippen LogP contribution in [0.4, 0.5) is 0 Å². The van der Waals surface area contributed by atoms with Crippen molar-refractivity contribution in [3.05, 3.63) is 53.9 Å². The molecule has 0 atom stereocenters. The highest BCUT2D eigenvalue weighted by atomic mass is 16.1. The van der Waals surface area contributed by atoms with E-state index in [0.29, 0.717) is 6.42 Å². The number of carbonyl (C=O) groups is 1. The second-order valence-corrected chi connectivity index (χ2v) is 5.15. The molecule has 0 aliphatic carbocycles. The zero-order valence-corrected chi connectivity index (χ0v) is 12.1. The fourth-order valence-corrected chi connectivity index (χ4v) is 2.22. The summed E-state index contributed by atoms with van der Waals surface area (Å²) in [5.74, 6) is 0.223. The van der Waals surface area contributed by atoms with Crippen molar-refractivity contribution >= 4 is 5.78 Å². The van der Waals surface area contributed by atoms with Crippen LogP contribution in [0.5, 0.6) is 0 Å². The van der Waals surface area contributed by atoms with Gasteiger partial charge < -0.3 is 4.90 Å². The summed E-state index contributed by atoms with van der Waals surface area (Å²) in [6.07, 6.45) is 5.38. The first kappa shape index (κ1) is 14.5. The summed E-state index contributed by atoms with van der Waals surface area (Å²) in [5, 5.41) is 4.15. The van der Waals surface area contributed by atoms with E-state index in [2.05, 4.69) is 17.0 Å². The highest BCUT2D eigenvalue weighted by Gasteiger charge is 2.06. The summed E-state index contributed by atoms with van der Waals surface area (Å²) in [6, 6.07) is 9.49. The number of rotatable bonds is 7. The van der Waals surface area contributed by atoms with Crippen LogP contribution in [-0.4, -0.2) is 34.1 Å². The van der Waals surface area contributed by atoms with Crippen molar-refractivity contribution in [2.24, 2.45) is 7.05 Å². The third-order valence-corrected chi connectivity index (χ3v) is 3.25. The molecule has 2 rings (SSSR count). The molecule has 0 saturated carbocycles. The summed E-state index contributed by atoms with van der Waals surface area (Å²) in [4.78, 5) is 14.2. The minimum absolute atomic E-state index is 0.223. The lowest BCUT2D eigenvalue weighted by Crippen LogP contribution is -2.19. The number of hydrogen-bond donors (Lipinski definition) is 0. The molecule has 2 aromatic rings. The summed E-state index contributed by atoms with van der Waals surface area (Å²) in [5.41, 5.74) is 2.01. The van der Waals surface area contributed by atoms with E-state index in [1.165, 1.54) is 5.56 Å². The number of aromatic nitrogens is 2. The van der Waals surface area contributed by atoms with E-state index >= 15 is 0 Å². The molecule has 0 bridgehead atoms. The van der Waals surface area contributed by atoms with Crippen LogP contribution in [0, 0.1) is 0 Å². The Morgan fingerprint density at radius 3 is 2.70 bits per heavy atom. The number of aryl methyl sites for hydroxylation is 1. The Balaban J connectivity index is 1.71. The van der Waals surface area contributed by atoms with Gasteiger partial charge in [0.15, 0.2) is 5.78 Å². The van der Waals surface area contributed by atoms with E-state index in [9.17, 15) is 4.79 Å². The van der Waals surface area contributed by atoms with Crippen molar-refractivity contribution in [1.82, 2.24) is 14.7 Å². The molecule has 0 fully saturated rings. The first-order chi connectivity index (χ1) is 9.65. The fraction of sp³-hybridized carbons (Fsp3) is 0.375. The third kappa shape index (κ3) is 4.31. The van der Waals surface area contributed by atoms with Crippen molar-refractivity contribution < 1.29 is 4.79 Å². The maximum atomic E-state index is 12.0. The molecular formula is C16H21N3O. The Kier molecular flexibility index (Phi) is 5.07.